The van der Waals surface area contributed by atoms with E-state index in [1.54, 1.807) is 6.07 Å². The molecule has 0 aliphatic carbocycles. The van der Waals surface area contributed by atoms with Gasteiger partial charge in [-0.1, -0.05) is 18.2 Å². The molecule has 0 spiro atoms. The number of aliphatic hydroxyl groups is 1. The van der Waals surface area contributed by atoms with E-state index in [-0.39, 0.29) is 36.9 Å². The summed E-state index contributed by atoms with van der Waals surface area (Å²) in [4.78, 5) is 26.0. The number of anilines is 1. The maximum absolute atomic E-state index is 12.6. The predicted molar refractivity (Wildman–Crippen MR) is 87.4 cm³/mol. The van der Waals surface area contributed by atoms with Crippen molar-refractivity contribution in [2.45, 2.75) is 6.29 Å². The normalized spacial score (nSPS) is 18.2. The van der Waals surface area contributed by atoms with Crippen molar-refractivity contribution in [3.05, 3.63) is 41.1 Å². The zero-order valence-electron chi connectivity index (χ0n) is 13.9. The second-order valence-electron chi connectivity index (χ2n) is 5.58. The van der Waals surface area contributed by atoms with Crippen LogP contribution < -0.4 is 5.32 Å². The molecule has 0 saturated carbocycles. The minimum absolute atomic E-state index is 0.0903. The van der Waals surface area contributed by atoms with Gasteiger partial charge in [-0.3, -0.25) is 4.79 Å². The summed E-state index contributed by atoms with van der Waals surface area (Å²) in [7, 11) is 1.26. The zero-order chi connectivity index (χ0) is 17.8. The van der Waals surface area contributed by atoms with Crippen molar-refractivity contribution in [3.8, 4) is 0 Å². The van der Waals surface area contributed by atoms with Crippen LogP contribution in [-0.4, -0.2) is 61.9 Å². The number of nitrogens with one attached hydrogen (secondary N) is 1. The van der Waals surface area contributed by atoms with Crippen LogP contribution in [0.3, 0.4) is 0 Å². The Bertz CT molecular complexity index is 696. The minimum atomic E-state index is -0.581. The molecule has 8 heteroatoms. The second kappa shape index (κ2) is 7.64. The minimum Gasteiger partial charge on any atom is -0.466 e. The quantitative estimate of drug-likeness (QED) is 0.719. The van der Waals surface area contributed by atoms with Crippen molar-refractivity contribution in [1.82, 2.24) is 4.90 Å². The molecule has 3 rings (SSSR count). The average molecular weight is 348 g/mol. The monoisotopic (exact) mass is 348 g/mol. The molecule has 2 aliphatic rings. The molecule has 0 radical (unpaired) electrons. The zero-order valence-corrected chi connectivity index (χ0v) is 13.9. The number of ether oxygens (including phenoxy) is 3. The lowest BCUT2D eigenvalue weighted by atomic mass is 10.1. The van der Waals surface area contributed by atoms with Gasteiger partial charge in [0.15, 0.2) is 6.29 Å². The smallest absolute Gasteiger partial charge is 0.337 e. The summed E-state index contributed by atoms with van der Waals surface area (Å²) in [5.41, 5.74) is 1.73. The summed E-state index contributed by atoms with van der Waals surface area (Å²) in [6.07, 6.45) is -0.518. The molecule has 2 N–H and O–H groups in total. The molecule has 0 aromatic heterocycles. The van der Waals surface area contributed by atoms with E-state index < -0.39 is 12.3 Å². The van der Waals surface area contributed by atoms with Gasteiger partial charge in [0.2, 0.25) is 0 Å². The van der Waals surface area contributed by atoms with Gasteiger partial charge in [0.25, 0.3) is 5.91 Å². The van der Waals surface area contributed by atoms with Crippen LogP contribution in [0.5, 0.6) is 0 Å². The molecule has 0 unspecified atom stereocenters. The molecule has 25 heavy (non-hydrogen) atoms. The molecule has 1 fully saturated rings. The number of β-amino-alcohol motifs (C(OH)–C–C–N with tert-alkyl or cyclic N) is 1. The van der Waals surface area contributed by atoms with Crippen molar-refractivity contribution in [1.29, 1.82) is 0 Å². The highest BCUT2D eigenvalue weighted by Crippen LogP contribution is 2.32. The van der Waals surface area contributed by atoms with Gasteiger partial charge in [-0.05, 0) is 6.07 Å². The molecule has 1 aromatic carbocycles. The Morgan fingerprint density at radius 2 is 2.08 bits per heavy atom. The number of nitrogens with zero attached hydrogens (tertiary/aromatic N) is 1. The van der Waals surface area contributed by atoms with Crippen LogP contribution in [0, 0.1) is 0 Å². The lowest BCUT2D eigenvalue weighted by molar-refractivity contribution is -0.136. The molecule has 1 amide bonds. The number of hydrogen-bond acceptors (Lipinski definition) is 7. The summed E-state index contributed by atoms with van der Waals surface area (Å²) in [5.74, 6) is -0.945. The molecule has 134 valence electrons. The highest BCUT2D eigenvalue weighted by Gasteiger charge is 2.35. The molecule has 8 nitrogen and oxygen atoms in total. The average Bonchev–Trinajstić information content (AvgIpc) is 3.26. The molecule has 2 heterocycles. The maximum Gasteiger partial charge on any atom is 0.337 e. The summed E-state index contributed by atoms with van der Waals surface area (Å²) in [5, 5.41) is 12.1. The van der Waals surface area contributed by atoms with E-state index in [2.05, 4.69) is 5.32 Å². The summed E-state index contributed by atoms with van der Waals surface area (Å²) in [6, 6.07) is 7.27. The standard InChI is InChI=1S/C17H20N2O6/c1-23-16(22)12-10-19(6-7-20)15(21)14(12)18-13-5-3-2-4-11(13)17-24-8-9-25-17/h2-5,17-18,20H,6-10H2,1H3. The first-order chi connectivity index (χ1) is 12.2. The fraction of sp³-hybridized carbons (Fsp3) is 0.412. The van der Waals surface area contributed by atoms with Crippen molar-refractivity contribution in [2.24, 2.45) is 0 Å². The molecular weight excluding hydrogens is 328 g/mol. The van der Waals surface area contributed by atoms with Gasteiger partial charge in [0, 0.05) is 17.8 Å². The Hall–Kier alpha value is -2.42. The molecular formula is C17H20N2O6. The number of esters is 1. The van der Waals surface area contributed by atoms with Crippen LogP contribution in [0.15, 0.2) is 35.5 Å². The number of carbonyl (C=O) groups excluding carboxylic acids is 2. The molecule has 2 aliphatic heterocycles. The topological polar surface area (TPSA) is 97.3 Å². The Labute approximate surface area is 145 Å². The van der Waals surface area contributed by atoms with Crippen molar-refractivity contribution >= 4 is 17.6 Å². The van der Waals surface area contributed by atoms with Crippen LogP contribution in [-0.2, 0) is 23.8 Å². The first kappa shape index (κ1) is 17.4. The van der Waals surface area contributed by atoms with E-state index in [1.807, 2.05) is 18.2 Å². The molecule has 0 bridgehead atoms. The Morgan fingerprint density at radius 1 is 1.36 bits per heavy atom. The number of methoxy groups -OCH3 is 1. The van der Waals surface area contributed by atoms with Crippen LogP contribution in [0.25, 0.3) is 0 Å². The van der Waals surface area contributed by atoms with E-state index >= 15 is 0 Å². The van der Waals surface area contributed by atoms with Gasteiger partial charge in [0.05, 0.1) is 39.0 Å². The van der Waals surface area contributed by atoms with E-state index in [1.165, 1.54) is 12.0 Å². The largest absolute Gasteiger partial charge is 0.466 e. The first-order valence-corrected chi connectivity index (χ1v) is 7.96. The number of hydrogen-bond donors (Lipinski definition) is 2. The van der Waals surface area contributed by atoms with Gasteiger partial charge >= 0.3 is 5.97 Å². The number of aliphatic hydroxyl groups excluding tert-OH is 1. The highest BCUT2D eigenvalue weighted by atomic mass is 16.7. The summed E-state index contributed by atoms with van der Waals surface area (Å²) in [6.45, 7) is 1.04. The summed E-state index contributed by atoms with van der Waals surface area (Å²) >= 11 is 0. The number of amides is 1. The van der Waals surface area contributed by atoms with E-state index in [0.717, 1.165) is 5.56 Å². The predicted octanol–water partition coefficient (Wildman–Crippen LogP) is 0.405. The fourth-order valence-electron chi connectivity index (χ4n) is 2.84. The Morgan fingerprint density at radius 3 is 2.76 bits per heavy atom. The molecule has 1 saturated heterocycles. The van der Waals surface area contributed by atoms with E-state index in [4.69, 9.17) is 19.3 Å². The van der Waals surface area contributed by atoms with Gasteiger partial charge in [-0.25, -0.2) is 4.79 Å². The lowest BCUT2D eigenvalue weighted by Crippen LogP contribution is -2.31. The third kappa shape index (κ3) is 3.51. The van der Waals surface area contributed by atoms with Gasteiger partial charge in [-0.15, -0.1) is 0 Å². The number of benzene rings is 1. The van der Waals surface area contributed by atoms with Crippen LogP contribution in [0.2, 0.25) is 0 Å². The van der Waals surface area contributed by atoms with E-state index in [0.29, 0.717) is 18.9 Å². The Kier molecular flexibility index (Phi) is 5.32. The second-order valence-corrected chi connectivity index (χ2v) is 5.58. The van der Waals surface area contributed by atoms with Crippen LogP contribution in [0.4, 0.5) is 5.69 Å². The fourth-order valence-corrected chi connectivity index (χ4v) is 2.84. The summed E-state index contributed by atoms with van der Waals surface area (Å²) < 4.78 is 15.8. The van der Waals surface area contributed by atoms with Gasteiger partial charge in [0.1, 0.15) is 5.70 Å². The number of para-hydroxylation sites is 1. The maximum atomic E-state index is 12.6. The van der Waals surface area contributed by atoms with Gasteiger partial charge in [-0.2, -0.15) is 0 Å². The third-order valence-electron chi connectivity index (χ3n) is 4.05. The third-order valence-corrected chi connectivity index (χ3v) is 4.05. The highest BCUT2D eigenvalue weighted by molar-refractivity contribution is 6.08. The van der Waals surface area contributed by atoms with Crippen molar-refractivity contribution in [3.63, 3.8) is 0 Å². The lowest BCUT2D eigenvalue weighted by Gasteiger charge is -2.18. The first-order valence-electron chi connectivity index (χ1n) is 7.96. The van der Waals surface area contributed by atoms with Crippen molar-refractivity contribution in [2.75, 3.05) is 45.3 Å². The van der Waals surface area contributed by atoms with Gasteiger partial charge < -0.3 is 29.5 Å². The Balaban J connectivity index is 1.91. The SMILES string of the molecule is COC(=O)C1=C(Nc2ccccc2C2OCCO2)C(=O)N(CCO)C1. The molecule has 0 atom stereocenters. The number of carbonyl (C=O) groups is 2. The van der Waals surface area contributed by atoms with Crippen molar-refractivity contribution < 1.29 is 28.9 Å². The number of rotatable bonds is 6. The molecule has 1 aromatic rings. The van der Waals surface area contributed by atoms with Crippen LogP contribution in [0.1, 0.15) is 11.9 Å². The van der Waals surface area contributed by atoms with Crippen LogP contribution >= 0.6 is 0 Å². The van der Waals surface area contributed by atoms with E-state index in [9.17, 15) is 9.59 Å².